The van der Waals surface area contributed by atoms with Gasteiger partial charge in [0.1, 0.15) is 5.76 Å². The van der Waals surface area contributed by atoms with Crippen LogP contribution < -0.4 is 4.72 Å². The Bertz CT molecular complexity index is 1120. The van der Waals surface area contributed by atoms with Crippen molar-refractivity contribution in [2.45, 2.75) is 23.9 Å². The molecule has 9 nitrogen and oxygen atoms in total. The first kappa shape index (κ1) is 22.0. The van der Waals surface area contributed by atoms with E-state index in [2.05, 4.69) is 9.62 Å². The van der Waals surface area contributed by atoms with Crippen LogP contribution >= 0.6 is 0 Å². The van der Waals surface area contributed by atoms with Gasteiger partial charge in [-0.1, -0.05) is 0 Å². The third-order valence-electron chi connectivity index (χ3n) is 5.75. The van der Waals surface area contributed by atoms with E-state index in [1.165, 1.54) is 30.5 Å². The number of piperazine rings is 1. The molecule has 4 rings (SSSR count). The molecular formula is C20H25N3O6S2. The number of hydrogen-bond donors (Lipinski definition) is 1. The third kappa shape index (κ3) is 5.17. The number of hydrogen-bond acceptors (Lipinski definition) is 7. The van der Waals surface area contributed by atoms with Gasteiger partial charge in [0.25, 0.3) is 5.91 Å². The van der Waals surface area contributed by atoms with Crippen LogP contribution in [-0.4, -0.2) is 76.3 Å². The fraction of sp³-hybridized carbons (Fsp3) is 0.450. The van der Waals surface area contributed by atoms with Gasteiger partial charge in [-0.25, -0.2) is 21.6 Å². The summed E-state index contributed by atoms with van der Waals surface area (Å²) in [6.07, 6.45) is 2.12. The van der Waals surface area contributed by atoms with Gasteiger partial charge in [-0.3, -0.25) is 9.69 Å². The molecule has 11 heteroatoms. The zero-order valence-electron chi connectivity index (χ0n) is 16.9. The van der Waals surface area contributed by atoms with Crippen LogP contribution in [0.1, 0.15) is 22.5 Å². The zero-order chi connectivity index (χ0) is 22.1. The van der Waals surface area contributed by atoms with Crippen LogP contribution in [-0.2, 0) is 26.4 Å². The Morgan fingerprint density at radius 2 is 1.81 bits per heavy atom. The number of sulfonamides is 1. The summed E-state index contributed by atoms with van der Waals surface area (Å²) >= 11 is 0. The van der Waals surface area contributed by atoms with Gasteiger partial charge in [-0.2, -0.15) is 0 Å². The monoisotopic (exact) mass is 467 g/mol. The van der Waals surface area contributed by atoms with E-state index in [0.717, 1.165) is 0 Å². The minimum atomic E-state index is -3.72. The van der Waals surface area contributed by atoms with E-state index in [-0.39, 0.29) is 34.9 Å². The second-order valence-corrected chi connectivity index (χ2v) is 11.8. The average Bonchev–Trinajstić information content (AvgIpc) is 3.41. The first-order valence-electron chi connectivity index (χ1n) is 10.1. The van der Waals surface area contributed by atoms with E-state index >= 15 is 0 Å². The van der Waals surface area contributed by atoms with Gasteiger partial charge in [-0.05, 0) is 42.8 Å². The van der Waals surface area contributed by atoms with Gasteiger partial charge in [-0.15, -0.1) is 0 Å². The predicted octanol–water partition coefficient (Wildman–Crippen LogP) is 0.703. The van der Waals surface area contributed by atoms with Crippen LogP contribution in [0.2, 0.25) is 0 Å². The minimum absolute atomic E-state index is 0.0421. The molecule has 2 saturated heterocycles. The van der Waals surface area contributed by atoms with Gasteiger partial charge >= 0.3 is 0 Å². The largest absolute Gasteiger partial charge is 0.468 e. The van der Waals surface area contributed by atoms with Crippen molar-refractivity contribution in [3.8, 4) is 0 Å². The molecule has 1 aromatic carbocycles. The minimum Gasteiger partial charge on any atom is -0.468 e. The van der Waals surface area contributed by atoms with E-state index < -0.39 is 19.9 Å². The van der Waals surface area contributed by atoms with Gasteiger partial charge in [0.2, 0.25) is 10.0 Å². The van der Waals surface area contributed by atoms with Crippen LogP contribution in [0.4, 0.5) is 0 Å². The quantitative estimate of drug-likeness (QED) is 0.665. The summed E-state index contributed by atoms with van der Waals surface area (Å²) in [7, 11) is -6.65. The van der Waals surface area contributed by atoms with Crippen molar-refractivity contribution in [2.75, 3.05) is 37.7 Å². The summed E-state index contributed by atoms with van der Waals surface area (Å²) in [6, 6.07) is 9.25. The molecule has 2 aliphatic heterocycles. The summed E-state index contributed by atoms with van der Waals surface area (Å²) in [4.78, 5) is 16.7. The summed E-state index contributed by atoms with van der Waals surface area (Å²) < 4.78 is 55.8. The van der Waals surface area contributed by atoms with Crippen molar-refractivity contribution in [3.63, 3.8) is 0 Å². The van der Waals surface area contributed by atoms with Crippen molar-refractivity contribution in [2.24, 2.45) is 0 Å². The third-order valence-corrected chi connectivity index (χ3v) is 8.92. The van der Waals surface area contributed by atoms with Crippen molar-refractivity contribution in [1.82, 2.24) is 14.5 Å². The molecule has 2 fully saturated rings. The summed E-state index contributed by atoms with van der Waals surface area (Å²) in [5.74, 6) is 0.781. The van der Waals surface area contributed by atoms with Crippen LogP contribution in [0.15, 0.2) is 52.0 Å². The topological polar surface area (TPSA) is 117 Å². The molecule has 3 heterocycles. The SMILES string of the molecule is O=C(c1ccc(S(=O)(=O)NCc2ccco2)cc1)N1CCN([C@H]2CCS(=O)(=O)C2)CC1. The highest BCUT2D eigenvalue weighted by Crippen LogP contribution is 2.20. The van der Waals surface area contributed by atoms with Gasteiger partial charge in [0, 0.05) is 37.8 Å². The van der Waals surface area contributed by atoms with Crippen LogP contribution in [0.5, 0.6) is 0 Å². The second kappa shape index (κ2) is 8.73. The Labute approximate surface area is 182 Å². The molecule has 1 amide bonds. The summed E-state index contributed by atoms with van der Waals surface area (Å²) in [5.41, 5.74) is 0.418. The lowest BCUT2D eigenvalue weighted by atomic mass is 10.1. The molecule has 0 spiro atoms. The molecule has 31 heavy (non-hydrogen) atoms. The van der Waals surface area contributed by atoms with Crippen molar-refractivity contribution < 1.29 is 26.0 Å². The maximum Gasteiger partial charge on any atom is 0.253 e. The van der Waals surface area contributed by atoms with Gasteiger partial charge < -0.3 is 9.32 Å². The predicted molar refractivity (Wildman–Crippen MR) is 114 cm³/mol. The highest BCUT2D eigenvalue weighted by atomic mass is 32.2. The summed E-state index contributed by atoms with van der Waals surface area (Å²) in [6.45, 7) is 2.34. The molecule has 1 atom stereocenters. The Kier molecular flexibility index (Phi) is 6.20. The smallest absolute Gasteiger partial charge is 0.253 e. The molecule has 2 aliphatic rings. The Hall–Kier alpha value is -2.21. The molecule has 0 radical (unpaired) electrons. The molecule has 0 unspecified atom stereocenters. The number of amides is 1. The number of carbonyl (C=O) groups excluding carboxylic acids is 1. The normalized spacial score (nSPS) is 21.9. The molecule has 1 aromatic heterocycles. The van der Waals surface area contributed by atoms with E-state index in [1.807, 2.05) is 0 Å². The lowest BCUT2D eigenvalue weighted by Crippen LogP contribution is -2.52. The van der Waals surface area contributed by atoms with Gasteiger partial charge in [0.15, 0.2) is 9.84 Å². The maximum atomic E-state index is 12.8. The van der Waals surface area contributed by atoms with E-state index in [0.29, 0.717) is 43.9 Å². The second-order valence-electron chi connectivity index (χ2n) is 7.81. The summed E-state index contributed by atoms with van der Waals surface area (Å²) in [5, 5.41) is 0. The molecule has 2 aromatic rings. The Morgan fingerprint density at radius 1 is 1.10 bits per heavy atom. The number of rotatable bonds is 6. The molecule has 0 saturated carbocycles. The highest BCUT2D eigenvalue weighted by Gasteiger charge is 2.34. The number of furan rings is 1. The Morgan fingerprint density at radius 3 is 2.39 bits per heavy atom. The number of carbonyl (C=O) groups is 1. The first-order chi connectivity index (χ1) is 14.7. The van der Waals surface area contributed by atoms with Crippen LogP contribution in [0.25, 0.3) is 0 Å². The number of sulfone groups is 1. The number of benzene rings is 1. The molecule has 1 N–H and O–H groups in total. The van der Waals surface area contributed by atoms with Crippen molar-refractivity contribution >= 4 is 25.8 Å². The van der Waals surface area contributed by atoms with E-state index in [4.69, 9.17) is 4.42 Å². The fourth-order valence-electron chi connectivity index (χ4n) is 3.98. The van der Waals surface area contributed by atoms with Gasteiger partial charge in [0.05, 0.1) is 29.2 Å². The standard InChI is InChI=1S/C20H25N3O6S2/c24-20(23-10-8-22(9-11-23)17-7-13-30(25,26)15-17)16-3-5-19(6-4-16)31(27,28)21-14-18-2-1-12-29-18/h1-6,12,17,21H,7-11,13-15H2/t17-/m0/s1. The lowest BCUT2D eigenvalue weighted by molar-refractivity contribution is 0.0587. The number of nitrogens with zero attached hydrogens (tertiary/aromatic N) is 2. The number of nitrogens with one attached hydrogen (secondary N) is 1. The zero-order valence-corrected chi connectivity index (χ0v) is 18.6. The van der Waals surface area contributed by atoms with Crippen molar-refractivity contribution in [1.29, 1.82) is 0 Å². The first-order valence-corrected chi connectivity index (χ1v) is 13.4. The van der Waals surface area contributed by atoms with E-state index in [1.54, 1.807) is 17.0 Å². The fourth-order valence-corrected chi connectivity index (χ4v) is 6.73. The molecular weight excluding hydrogens is 442 g/mol. The molecule has 168 valence electrons. The Balaban J connectivity index is 1.33. The molecule has 0 aliphatic carbocycles. The van der Waals surface area contributed by atoms with Crippen LogP contribution in [0, 0.1) is 0 Å². The van der Waals surface area contributed by atoms with Crippen molar-refractivity contribution in [3.05, 3.63) is 54.0 Å². The lowest BCUT2D eigenvalue weighted by Gasteiger charge is -2.37. The molecule has 0 bridgehead atoms. The van der Waals surface area contributed by atoms with Crippen LogP contribution in [0.3, 0.4) is 0 Å². The van der Waals surface area contributed by atoms with E-state index in [9.17, 15) is 21.6 Å². The average molecular weight is 468 g/mol. The highest BCUT2D eigenvalue weighted by molar-refractivity contribution is 7.91. The maximum absolute atomic E-state index is 12.8.